The van der Waals surface area contributed by atoms with Crippen molar-refractivity contribution in [3.8, 4) is 0 Å². The van der Waals surface area contributed by atoms with Gasteiger partial charge in [0, 0.05) is 45.2 Å². The summed E-state index contributed by atoms with van der Waals surface area (Å²) in [7, 11) is 0. The Hall–Kier alpha value is -0.910. The summed E-state index contributed by atoms with van der Waals surface area (Å²) in [5.41, 5.74) is 1.69. The lowest BCUT2D eigenvalue weighted by Gasteiger charge is -2.50. The number of hydrogen-bond acceptors (Lipinski definition) is 5. The zero-order chi connectivity index (χ0) is 18.3. The smallest absolute Gasteiger partial charge is 0.310 e. The Bertz CT molecular complexity index is 557. The Kier molecular flexibility index (Phi) is 5.15. The summed E-state index contributed by atoms with van der Waals surface area (Å²) in [6.45, 7) is 12.5. The number of carbonyl (C=O) groups excluding carboxylic acids is 1. The van der Waals surface area contributed by atoms with Gasteiger partial charge in [-0.1, -0.05) is 19.1 Å². The van der Waals surface area contributed by atoms with Crippen LogP contribution >= 0.6 is 0 Å². The molecule has 0 amide bonds. The van der Waals surface area contributed by atoms with E-state index in [0.717, 1.165) is 58.5 Å². The fraction of sp³-hybridized carbons (Fsp3) is 0.857. The third-order valence-corrected chi connectivity index (χ3v) is 7.66. The van der Waals surface area contributed by atoms with Crippen LogP contribution in [0.1, 0.15) is 39.0 Å². The summed E-state index contributed by atoms with van der Waals surface area (Å²) in [4.78, 5) is 17.4. The third kappa shape index (κ3) is 3.34. The van der Waals surface area contributed by atoms with Crippen molar-refractivity contribution in [3.63, 3.8) is 0 Å². The lowest BCUT2D eigenvalue weighted by molar-refractivity contribution is -0.146. The van der Waals surface area contributed by atoms with Gasteiger partial charge in [-0.15, -0.1) is 0 Å². The molecule has 2 unspecified atom stereocenters. The first-order valence-electron chi connectivity index (χ1n) is 10.4. The average molecular weight is 363 g/mol. The average Bonchev–Trinajstić information content (AvgIpc) is 2.89. The number of ether oxygens (including phenoxy) is 1. The number of carbonyl (C=O) groups is 1. The Morgan fingerprint density at radius 2 is 2.00 bits per heavy atom. The molecule has 2 aliphatic carbocycles. The number of β-amino-alcohol motifs (C(OH)–C–C–N with tert-alkyl or cyclic N) is 1. The van der Waals surface area contributed by atoms with E-state index in [1.807, 2.05) is 0 Å². The second-order valence-electron chi connectivity index (χ2n) is 9.27. The van der Waals surface area contributed by atoms with Crippen molar-refractivity contribution in [2.45, 2.75) is 45.1 Å². The lowest BCUT2D eigenvalue weighted by atomic mass is 9.55. The molecule has 2 aliphatic heterocycles. The predicted molar refractivity (Wildman–Crippen MR) is 101 cm³/mol. The van der Waals surface area contributed by atoms with Crippen LogP contribution in [0.15, 0.2) is 12.2 Å². The van der Waals surface area contributed by atoms with Crippen LogP contribution in [0.25, 0.3) is 0 Å². The molecule has 0 aromatic rings. The van der Waals surface area contributed by atoms with Gasteiger partial charge in [0.05, 0.1) is 12.5 Å². The van der Waals surface area contributed by atoms with Crippen LogP contribution in [-0.4, -0.2) is 72.9 Å². The summed E-state index contributed by atoms with van der Waals surface area (Å²) in [5.74, 6) is 0.996. The molecule has 4 fully saturated rings. The van der Waals surface area contributed by atoms with E-state index in [2.05, 4.69) is 23.3 Å². The van der Waals surface area contributed by atoms with Gasteiger partial charge in [0.1, 0.15) is 6.10 Å². The van der Waals surface area contributed by atoms with Crippen LogP contribution in [0, 0.1) is 23.2 Å². The van der Waals surface area contributed by atoms with Crippen molar-refractivity contribution < 1.29 is 14.6 Å². The molecule has 2 saturated carbocycles. The van der Waals surface area contributed by atoms with E-state index >= 15 is 0 Å². The monoisotopic (exact) mass is 362 g/mol. The molecule has 146 valence electrons. The Morgan fingerprint density at radius 3 is 2.73 bits per heavy atom. The van der Waals surface area contributed by atoms with E-state index in [4.69, 9.17) is 9.84 Å². The van der Waals surface area contributed by atoms with Crippen LogP contribution in [0.3, 0.4) is 0 Å². The van der Waals surface area contributed by atoms with Crippen molar-refractivity contribution in [1.82, 2.24) is 9.80 Å². The predicted octanol–water partition coefficient (Wildman–Crippen LogP) is 1.91. The lowest BCUT2D eigenvalue weighted by Crippen LogP contribution is -2.50. The minimum absolute atomic E-state index is 0.0312. The van der Waals surface area contributed by atoms with Crippen molar-refractivity contribution in [2.75, 3.05) is 45.9 Å². The number of nitrogens with zero attached hydrogens (tertiary/aromatic N) is 2. The van der Waals surface area contributed by atoms with Crippen LogP contribution in [-0.2, 0) is 9.53 Å². The molecule has 5 nitrogen and oxygen atoms in total. The van der Waals surface area contributed by atoms with Gasteiger partial charge < -0.3 is 9.84 Å². The summed E-state index contributed by atoms with van der Waals surface area (Å²) >= 11 is 0. The maximum atomic E-state index is 12.7. The van der Waals surface area contributed by atoms with Gasteiger partial charge in [-0.25, -0.2) is 0 Å². The number of hydrogen-bond donors (Lipinski definition) is 1. The Balaban J connectivity index is 1.41. The number of esters is 1. The molecule has 0 aromatic heterocycles. The fourth-order valence-electron chi connectivity index (χ4n) is 6.08. The third-order valence-electron chi connectivity index (χ3n) is 7.66. The molecular weight excluding hydrogens is 328 g/mol. The highest BCUT2D eigenvalue weighted by atomic mass is 16.6. The molecule has 0 bridgehead atoms. The molecule has 1 N–H and O–H groups in total. The number of rotatable bonds is 4. The molecule has 5 atom stereocenters. The van der Waals surface area contributed by atoms with Gasteiger partial charge in [0.2, 0.25) is 0 Å². The molecule has 26 heavy (non-hydrogen) atoms. The molecule has 5 heteroatoms. The minimum atomic E-state index is 0.0312. The minimum Gasteiger partial charge on any atom is -0.462 e. The summed E-state index contributed by atoms with van der Waals surface area (Å²) < 4.78 is 5.89. The van der Waals surface area contributed by atoms with E-state index in [1.54, 1.807) is 0 Å². The van der Waals surface area contributed by atoms with Gasteiger partial charge in [0.15, 0.2) is 0 Å². The molecule has 0 spiro atoms. The molecule has 2 heterocycles. The van der Waals surface area contributed by atoms with Gasteiger partial charge in [0.25, 0.3) is 0 Å². The topological polar surface area (TPSA) is 53.0 Å². The molecule has 0 radical (unpaired) electrons. The zero-order valence-electron chi connectivity index (χ0n) is 16.2. The number of piperazine rings is 1. The van der Waals surface area contributed by atoms with Gasteiger partial charge >= 0.3 is 5.97 Å². The molecular formula is C21H34N2O3. The van der Waals surface area contributed by atoms with Crippen molar-refractivity contribution >= 4 is 5.97 Å². The van der Waals surface area contributed by atoms with E-state index in [-0.39, 0.29) is 30.0 Å². The highest BCUT2D eigenvalue weighted by Gasteiger charge is 2.55. The van der Waals surface area contributed by atoms with E-state index in [9.17, 15) is 4.79 Å². The van der Waals surface area contributed by atoms with E-state index in [1.165, 1.54) is 18.4 Å². The van der Waals surface area contributed by atoms with Crippen molar-refractivity contribution in [3.05, 3.63) is 12.2 Å². The maximum absolute atomic E-state index is 12.7. The molecule has 4 aliphatic rings. The standard InChI is InChI=1S/C21H34N2O3/c1-15-4-3-5-21(2)13-19-16(12-18(15)21)17(20(25)26-19)14-23-8-6-22(7-9-23)10-11-24/h16-19,24H,1,3-14H2,2H3/t16-,17?,18?,19-,21-/m1/s1. The highest BCUT2D eigenvalue weighted by molar-refractivity contribution is 5.75. The summed E-state index contributed by atoms with van der Waals surface area (Å²) in [6, 6.07) is 0. The van der Waals surface area contributed by atoms with Crippen molar-refractivity contribution in [2.24, 2.45) is 23.2 Å². The van der Waals surface area contributed by atoms with Gasteiger partial charge in [-0.3, -0.25) is 14.6 Å². The Labute approximate surface area is 157 Å². The van der Waals surface area contributed by atoms with E-state index < -0.39 is 0 Å². The van der Waals surface area contributed by atoms with Crippen LogP contribution in [0.2, 0.25) is 0 Å². The first-order valence-corrected chi connectivity index (χ1v) is 10.4. The van der Waals surface area contributed by atoms with Gasteiger partial charge in [-0.2, -0.15) is 0 Å². The molecule has 2 saturated heterocycles. The van der Waals surface area contributed by atoms with Crippen LogP contribution in [0.4, 0.5) is 0 Å². The maximum Gasteiger partial charge on any atom is 0.310 e. The zero-order valence-corrected chi connectivity index (χ0v) is 16.2. The van der Waals surface area contributed by atoms with Crippen molar-refractivity contribution in [1.29, 1.82) is 0 Å². The van der Waals surface area contributed by atoms with Crippen LogP contribution < -0.4 is 0 Å². The summed E-state index contributed by atoms with van der Waals surface area (Å²) in [6.07, 6.45) is 5.86. The molecule has 0 aromatic carbocycles. The second-order valence-corrected chi connectivity index (χ2v) is 9.27. The largest absolute Gasteiger partial charge is 0.462 e. The fourth-order valence-corrected chi connectivity index (χ4v) is 6.08. The first-order chi connectivity index (χ1) is 12.5. The number of allylic oxidation sites excluding steroid dienone is 1. The normalized spacial score (nSPS) is 41.6. The summed E-state index contributed by atoms with van der Waals surface area (Å²) in [5, 5.41) is 9.09. The number of aliphatic hydroxyl groups excluding tert-OH is 1. The van der Waals surface area contributed by atoms with E-state index in [0.29, 0.717) is 11.8 Å². The number of fused-ring (bicyclic) bond motifs is 2. The van der Waals surface area contributed by atoms with Crippen LogP contribution in [0.5, 0.6) is 0 Å². The van der Waals surface area contributed by atoms with Gasteiger partial charge in [-0.05, 0) is 43.4 Å². The number of aliphatic hydroxyl groups is 1. The second kappa shape index (κ2) is 7.25. The Morgan fingerprint density at radius 1 is 1.27 bits per heavy atom. The highest BCUT2D eigenvalue weighted by Crippen LogP contribution is 2.56. The molecule has 4 rings (SSSR count). The SMILES string of the molecule is C=C1CCC[C@]2(C)C[C@H]3OC(=O)C(CN4CCN(CCO)CC4)[C@H]3CC12. The first kappa shape index (κ1) is 18.5. The quantitative estimate of drug-likeness (QED) is 0.612.